The van der Waals surface area contributed by atoms with Crippen molar-refractivity contribution >= 4 is 52.9 Å². The number of anilines is 4. The predicted molar refractivity (Wildman–Crippen MR) is 321 cm³/mol. The van der Waals surface area contributed by atoms with E-state index in [-0.39, 0.29) is 4.90 Å². The van der Waals surface area contributed by atoms with Crippen molar-refractivity contribution in [2.24, 2.45) is 0 Å². The minimum Gasteiger partial charge on any atom is -0.341 e. The first kappa shape index (κ1) is 63.3. The Balaban J connectivity index is 1.47. The van der Waals surface area contributed by atoms with Crippen molar-refractivity contribution in [2.75, 3.05) is 49.1 Å². The second-order valence-electron chi connectivity index (χ2n) is 20.7. The molecule has 0 fully saturated rings. The molecule has 0 aliphatic rings. The van der Waals surface area contributed by atoms with Crippen LogP contribution in [0.2, 0.25) is 0 Å². The van der Waals surface area contributed by atoms with E-state index < -0.39 is 36.1 Å². The second kappa shape index (κ2) is 32.5. The van der Waals surface area contributed by atoms with Gasteiger partial charge in [0, 0.05) is 67.9 Å². The molecule has 5 aromatic carbocycles. The van der Waals surface area contributed by atoms with Crippen molar-refractivity contribution in [1.29, 1.82) is 0 Å². The van der Waals surface area contributed by atoms with Crippen LogP contribution in [0, 0.1) is 0 Å². The van der Waals surface area contributed by atoms with Gasteiger partial charge in [-0.1, -0.05) is 174 Å². The molecule has 0 saturated carbocycles. The molecule has 0 bridgehead atoms. The number of benzene rings is 5. The summed E-state index contributed by atoms with van der Waals surface area (Å²) in [6.45, 7) is 16.4. The maximum absolute atomic E-state index is 14.1. The van der Waals surface area contributed by atoms with Crippen molar-refractivity contribution in [3.63, 3.8) is 0 Å². The molecular formula is C63H92N4O7S3. The molecule has 424 valence electrons. The Morgan fingerprint density at radius 2 is 0.649 bits per heavy atom. The summed E-state index contributed by atoms with van der Waals surface area (Å²) in [5.41, 5.74) is 5.61. The van der Waals surface area contributed by atoms with E-state index in [2.05, 4.69) is 51.3 Å². The van der Waals surface area contributed by atoms with Gasteiger partial charge >= 0.3 is 0 Å². The molecule has 0 aromatic heterocycles. The molecule has 0 unspecified atom stereocenters. The molecule has 0 spiro atoms. The standard InChI is InChI=1S/C63H92N4O7S3/c1-7-13-19-25-47-64(48-26-20-14-8-2)75(68,69)59-43-39-57(40-44-59)66(51-17-11-5)55-35-31-53(32-36-55)63(61-29-23-24-30-62(61)77(72,73)74)54-33-37-56(38-34-54)67(52-18-12-6)58-41-45-60(46-42-58)76(70,71)65(49-27-21-15-9-3)50-28-22-16-10-4/h23-24,29-46,63H,7-22,25-28,47-52H2,1-6H3,(H,72,73,74). The van der Waals surface area contributed by atoms with Gasteiger partial charge in [-0.3, -0.25) is 4.55 Å². The monoisotopic (exact) mass is 1110 g/mol. The number of hydrogen-bond donors (Lipinski definition) is 1. The molecule has 5 aromatic rings. The lowest BCUT2D eigenvalue weighted by molar-refractivity contribution is 0.385. The highest BCUT2D eigenvalue weighted by Crippen LogP contribution is 2.39. The van der Waals surface area contributed by atoms with Crippen molar-refractivity contribution in [3.8, 4) is 0 Å². The quantitative estimate of drug-likeness (QED) is 0.0233. The number of nitrogens with zero attached hydrogens (tertiary/aromatic N) is 4. The van der Waals surface area contributed by atoms with E-state index in [1.54, 1.807) is 51.1 Å². The molecule has 0 radical (unpaired) electrons. The summed E-state index contributed by atoms with van der Waals surface area (Å²) in [5.74, 6) is -0.586. The number of sulfonamides is 2. The van der Waals surface area contributed by atoms with E-state index in [0.29, 0.717) is 54.6 Å². The third-order valence-corrected chi connectivity index (χ3v) is 19.4. The molecule has 0 aliphatic carbocycles. The van der Waals surface area contributed by atoms with Crippen LogP contribution < -0.4 is 9.80 Å². The molecule has 14 heteroatoms. The van der Waals surface area contributed by atoms with Gasteiger partial charge in [-0.25, -0.2) is 16.8 Å². The van der Waals surface area contributed by atoms with Gasteiger partial charge in [0.1, 0.15) is 0 Å². The Labute approximate surface area is 466 Å². The van der Waals surface area contributed by atoms with Crippen LogP contribution >= 0.6 is 0 Å². The summed E-state index contributed by atoms with van der Waals surface area (Å²) in [6.07, 6.45) is 19.8. The smallest absolute Gasteiger partial charge is 0.294 e. The molecule has 0 amide bonds. The molecule has 0 heterocycles. The van der Waals surface area contributed by atoms with Crippen molar-refractivity contribution < 1.29 is 29.8 Å². The Hall–Kier alpha value is -4.57. The van der Waals surface area contributed by atoms with Gasteiger partial charge in [-0.2, -0.15) is 17.0 Å². The lowest BCUT2D eigenvalue weighted by Gasteiger charge is -2.28. The van der Waals surface area contributed by atoms with Crippen LogP contribution in [0.1, 0.15) is 193 Å². The van der Waals surface area contributed by atoms with E-state index in [1.807, 2.05) is 72.8 Å². The van der Waals surface area contributed by atoms with Gasteiger partial charge in [0.15, 0.2) is 0 Å². The van der Waals surface area contributed by atoms with Gasteiger partial charge < -0.3 is 9.80 Å². The molecular weight excluding hydrogens is 1020 g/mol. The Morgan fingerprint density at radius 3 is 0.948 bits per heavy atom. The van der Waals surface area contributed by atoms with Crippen LogP contribution in [0.25, 0.3) is 0 Å². The van der Waals surface area contributed by atoms with E-state index in [4.69, 9.17) is 0 Å². The van der Waals surface area contributed by atoms with Crippen LogP contribution in [0.4, 0.5) is 22.7 Å². The zero-order valence-electron chi connectivity index (χ0n) is 47.4. The van der Waals surface area contributed by atoms with Gasteiger partial charge in [0.25, 0.3) is 10.1 Å². The molecule has 11 nitrogen and oxygen atoms in total. The summed E-state index contributed by atoms with van der Waals surface area (Å²) in [4.78, 5) is 4.81. The Morgan fingerprint density at radius 1 is 0.351 bits per heavy atom. The predicted octanol–water partition coefficient (Wildman–Crippen LogP) is 16.3. The molecule has 0 saturated heterocycles. The highest BCUT2D eigenvalue weighted by Gasteiger charge is 2.28. The fourth-order valence-electron chi connectivity index (χ4n) is 10.1. The number of hydrogen-bond acceptors (Lipinski definition) is 8. The minimum absolute atomic E-state index is 0.168. The molecule has 0 atom stereocenters. The Kier molecular flexibility index (Phi) is 26.7. The third kappa shape index (κ3) is 18.5. The average Bonchev–Trinajstić information content (AvgIpc) is 3.43. The van der Waals surface area contributed by atoms with Crippen LogP contribution in [0.5, 0.6) is 0 Å². The largest absolute Gasteiger partial charge is 0.341 e. The summed E-state index contributed by atoms with van der Waals surface area (Å²) in [7, 11) is -12.0. The van der Waals surface area contributed by atoms with Crippen molar-refractivity contribution in [2.45, 2.75) is 191 Å². The number of unbranched alkanes of at least 4 members (excludes halogenated alkanes) is 14. The summed E-state index contributed by atoms with van der Waals surface area (Å²) in [6, 6.07) is 37.2. The van der Waals surface area contributed by atoms with Gasteiger partial charge in [-0.05, 0) is 134 Å². The van der Waals surface area contributed by atoms with E-state index in [1.165, 1.54) is 6.07 Å². The van der Waals surface area contributed by atoms with Crippen LogP contribution in [-0.2, 0) is 30.2 Å². The normalized spacial score (nSPS) is 12.3. The fraction of sp³-hybridized carbons (Fsp3) is 0.524. The maximum atomic E-state index is 14.1. The zero-order chi connectivity index (χ0) is 55.7. The van der Waals surface area contributed by atoms with Gasteiger partial charge in [-0.15, -0.1) is 0 Å². The van der Waals surface area contributed by atoms with Crippen molar-refractivity contribution in [3.05, 3.63) is 138 Å². The average molecular weight is 1110 g/mol. The highest BCUT2D eigenvalue weighted by atomic mass is 32.2. The minimum atomic E-state index is -4.61. The Bertz CT molecular complexity index is 2630. The lowest BCUT2D eigenvalue weighted by Crippen LogP contribution is -2.33. The van der Waals surface area contributed by atoms with Crippen LogP contribution in [0.15, 0.2) is 136 Å². The van der Waals surface area contributed by atoms with E-state index in [9.17, 15) is 29.8 Å². The molecule has 0 aliphatic heterocycles. The van der Waals surface area contributed by atoms with Gasteiger partial charge in [0.05, 0.1) is 14.7 Å². The van der Waals surface area contributed by atoms with Crippen LogP contribution in [0.3, 0.4) is 0 Å². The van der Waals surface area contributed by atoms with E-state index >= 15 is 0 Å². The SMILES string of the molecule is CCCCCCN(CCCCCC)S(=O)(=O)c1ccc(N(CCCC)c2ccc(C(c3ccc(N(CCCC)c4ccc(S(=O)(=O)N(CCCCCC)CCCCCC)cc4)cc3)c3ccccc3S(=O)(=O)O)cc2)cc1. The second-order valence-corrected chi connectivity index (χ2v) is 25.9. The first-order chi connectivity index (χ1) is 37.2. The zero-order valence-corrected chi connectivity index (χ0v) is 49.9. The number of rotatable bonds is 38. The highest BCUT2D eigenvalue weighted by molar-refractivity contribution is 7.89. The molecule has 1 N–H and O–H groups in total. The molecule has 77 heavy (non-hydrogen) atoms. The first-order valence-electron chi connectivity index (χ1n) is 29.2. The molecule has 5 rings (SSSR count). The van der Waals surface area contributed by atoms with Crippen LogP contribution in [-0.4, -0.2) is 77.7 Å². The lowest BCUT2D eigenvalue weighted by atomic mass is 9.85. The summed E-state index contributed by atoms with van der Waals surface area (Å²) in [5, 5.41) is 0. The van der Waals surface area contributed by atoms with Gasteiger partial charge in [0.2, 0.25) is 20.0 Å². The summed E-state index contributed by atoms with van der Waals surface area (Å²) >= 11 is 0. The third-order valence-electron chi connectivity index (χ3n) is 14.7. The summed E-state index contributed by atoms with van der Waals surface area (Å²) < 4.78 is 96.5. The fourth-order valence-corrected chi connectivity index (χ4v) is 13.9. The van der Waals surface area contributed by atoms with E-state index in [0.717, 1.165) is 162 Å². The topological polar surface area (TPSA) is 136 Å². The maximum Gasteiger partial charge on any atom is 0.294 e. The van der Waals surface area contributed by atoms with Crippen molar-refractivity contribution in [1.82, 2.24) is 8.61 Å². The first-order valence-corrected chi connectivity index (χ1v) is 33.5.